The van der Waals surface area contributed by atoms with E-state index in [4.69, 9.17) is 4.74 Å². The second-order valence-electron chi connectivity index (χ2n) is 7.89. The minimum absolute atomic E-state index is 0. The van der Waals surface area contributed by atoms with Crippen molar-refractivity contribution in [3.05, 3.63) is 29.3 Å². The number of halogens is 1. The molecule has 0 aliphatic rings. The zero-order chi connectivity index (χ0) is 20.4. The molecule has 1 aromatic rings. The Balaban J connectivity index is 0.00000729. The van der Waals surface area contributed by atoms with E-state index in [9.17, 15) is 4.79 Å². The van der Waals surface area contributed by atoms with E-state index in [0.29, 0.717) is 19.6 Å². The number of benzene rings is 1. The Morgan fingerprint density at radius 1 is 1.14 bits per heavy atom. The van der Waals surface area contributed by atoms with Gasteiger partial charge >= 0.3 is 0 Å². The molecule has 0 spiro atoms. The molecular formula is C21H37IN4O2. The number of carbonyl (C=O) groups is 1. The number of aliphatic imine (C=N–C) groups is 1. The van der Waals surface area contributed by atoms with Crippen LogP contribution < -0.4 is 20.7 Å². The van der Waals surface area contributed by atoms with Crippen molar-refractivity contribution in [3.8, 4) is 5.75 Å². The highest BCUT2D eigenvalue weighted by atomic mass is 127. The number of ether oxygens (including phenoxy) is 1. The second-order valence-corrected chi connectivity index (χ2v) is 7.89. The number of rotatable bonds is 8. The first kappa shape index (κ1) is 26.5. The number of hydrogen-bond donors (Lipinski definition) is 3. The van der Waals surface area contributed by atoms with E-state index in [-0.39, 0.29) is 41.4 Å². The van der Waals surface area contributed by atoms with Crippen LogP contribution in [0.1, 0.15) is 52.7 Å². The van der Waals surface area contributed by atoms with Crippen LogP contribution in [-0.2, 0) is 11.3 Å². The van der Waals surface area contributed by atoms with Crippen molar-refractivity contribution >= 4 is 35.8 Å². The van der Waals surface area contributed by atoms with Gasteiger partial charge in [0.15, 0.2) is 5.96 Å². The van der Waals surface area contributed by atoms with Gasteiger partial charge in [0.2, 0.25) is 5.91 Å². The molecule has 1 rings (SSSR count). The first-order chi connectivity index (χ1) is 12.6. The molecule has 0 aromatic heterocycles. The number of nitrogens with zero attached hydrogens (tertiary/aromatic N) is 1. The Hall–Kier alpha value is -1.51. The molecule has 7 heteroatoms. The summed E-state index contributed by atoms with van der Waals surface area (Å²) in [4.78, 5) is 16.3. The zero-order valence-corrected chi connectivity index (χ0v) is 20.6. The Labute approximate surface area is 187 Å². The summed E-state index contributed by atoms with van der Waals surface area (Å²) in [6.07, 6.45) is 0. The van der Waals surface area contributed by atoms with Crippen LogP contribution in [0.3, 0.4) is 0 Å². The molecule has 1 aromatic carbocycles. The first-order valence-corrected chi connectivity index (χ1v) is 9.70. The van der Waals surface area contributed by atoms with Crippen molar-refractivity contribution in [1.82, 2.24) is 16.0 Å². The minimum Gasteiger partial charge on any atom is -0.488 e. The lowest BCUT2D eigenvalue weighted by molar-refractivity contribution is -0.123. The molecule has 0 saturated heterocycles. The summed E-state index contributed by atoms with van der Waals surface area (Å²) in [7, 11) is 0. The molecule has 1 amide bonds. The standard InChI is InChI=1S/C21H36N4O2.HI/c1-8-22-20(24-12-11-23-19(26)15(2)3)25-14-17-10-9-16(4)13-18(17)27-21(5,6)7;/h9-10,13,15H,8,11-12,14H2,1-7H3,(H,23,26)(H2,22,24,25);1H. The predicted molar refractivity (Wildman–Crippen MR) is 128 cm³/mol. The maximum atomic E-state index is 11.6. The maximum Gasteiger partial charge on any atom is 0.222 e. The first-order valence-electron chi connectivity index (χ1n) is 9.70. The molecule has 0 radical (unpaired) electrons. The van der Waals surface area contributed by atoms with E-state index in [1.807, 2.05) is 41.5 Å². The van der Waals surface area contributed by atoms with Crippen LogP contribution in [0.5, 0.6) is 5.75 Å². The quantitative estimate of drug-likeness (QED) is 0.219. The molecule has 3 N–H and O–H groups in total. The van der Waals surface area contributed by atoms with Crippen molar-refractivity contribution in [1.29, 1.82) is 0 Å². The lowest BCUT2D eigenvalue weighted by Gasteiger charge is -2.23. The van der Waals surface area contributed by atoms with E-state index in [1.165, 1.54) is 0 Å². The lowest BCUT2D eigenvalue weighted by atomic mass is 10.1. The van der Waals surface area contributed by atoms with E-state index < -0.39 is 0 Å². The zero-order valence-electron chi connectivity index (χ0n) is 18.3. The van der Waals surface area contributed by atoms with Gasteiger partial charge in [-0.25, -0.2) is 4.99 Å². The van der Waals surface area contributed by atoms with Crippen LogP contribution in [0.4, 0.5) is 0 Å². The number of amides is 1. The van der Waals surface area contributed by atoms with Gasteiger partial charge in [-0.1, -0.05) is 26.0 Å². The summed E-state index contributed by atoms with van der Waals surface area (Å²) >= 11 is 0. The molecule has 0 aliphatic heterocycles. The van der Waals surface area contributed by atoms with Crippen molar-refractivity contribution in [2.75, 3.05) is 19.6 Å². The Morgan fingerprint density at radius 3 is 2.36 bits per heavy atom. The van der Waals surface area contributed by atoms with Crippen molar-refractivity contribution in [3.63, 3.8) is 0 Å². The fraction of sp³-hybridized carbons (Fsp3) is 0.619. The third kappa shape index (κ3) is 10.7. The molecule has 0 bridgehead atoms. The predicted octanol–water partition coefficient (Wildman–Crippen LogP) is 3.62. The van der Waals surface area contributed by atoms with Crippen molar-refractivity contribution in [2.45, 2.75) is 60.6 Å². The topological polar surface area (TPSA) is 74.8 Å². The van der Waals surface area contributed by atoms with Gasteiger partial charge < -0.3 is 20.7 Å². The average Bonchev–Trinajstić information content (AvgIpc) is 2.55. The molecule has 0 aliphatic carbocycles. The summed E-state index contributed by atoms with van der Waals surface area (Å²) in [5, 5.41) is 9.37. The van der Waals surface area contributed by atoms with Gasteiger partial charge in [-0.3, -0.25) is 4.79 Å². The SMILES string of the molecule is CCNC(=NCc1ccc(C)cc1OC(C)(C)C)NCCNC(=O)C(C)C.I. The van der Waals surface area contributed by atoms with Crippen LogP contribution in [0.15, 0.2) is 23.2 Å². The summed E-state index contributed by atoms with van der Waals surface area (Å²) in [6.45, 7) is 16.4. The van der Waals surface area contributed by atoms with Gasteiger partial charge in [-0.05, 0) is 46.2 Å². The Bertz CT molecular complexity index is 640. The molecular weight excluding hydrogens is 467 g/mol. The lowest BCUT2D eigenvalue weighted by Crippen LogP contribution is -2.42. The van der Waals surface area contributed by atoms with Gasteiger partial charge in [0.1, 0.15) is 11.4 Å². The highest BCUT2D eigenvalue weighted by Crippen LogP contribution is 2.25. The van der Waals surface area contributed by atoms with Gasteiger partial charge in [-0.2, -0.15) is 0 Å². The van der Waals surface area contributed by atoms with Gasteiger partial charge in [0, 0.05) is 31.1 Å². The van der Waals surface area contributed by atoms with Crippen LogP contribution in [0, 0.1) is 12.8 Å². The Kier molecular flexibility index (Phi) is 12.2. The van der Waals surface area contributed by atoms with E-state index in [1.54, 1.807) is 0 Å². The highest BCUT2D eigenvalue weighted by Gasteiger charge is 2.15. The number of aryl methyl sites for hydroxylation is 1. The number of hydrogen-bond acceptors (Lipinski definition) is 3. The maximum absolute atomic E-state index is 11.6. The molecule has 0 heterocycles. The van der Waals surface area contributed by atoms with E-state index >= 15 is 0 Å². The van der Waals surface area contributed by atoms with Crippen molar-refractivity contribution in [2.24, 2.45) is 10.9 Å². The average molecular weight is 504 g/mol. The molecule has 0 fully saturated rings. The van der Waals surface area contributed by atoms with Crippen LogP contribution >= 0.6 is 24.0 Å². The molecule has 0 saturated carbocycles. The van der Waals surface area contributed by atoms with Crippen molar-refractivity contribution < 1.29 is 9.53 Å². The Morgan fingerprint density at radius 2 is 1.79 bits per heavy atom. The van der Waals surface area contributed by atoms with Gasteiger partial charge in [0.05, 0.1) is 6.54 Å². The largest absolute Gasteiger partial charge is 0.488 e. The van der Waals surface area contributed by atoms with Gasteiger partial charge in [0.25, 0.3) is 0 Å². The normalized spacial score (nSPS) is 11.6. The van der Waals surface area contributed by atoms with E-state index in [0.717, 1.165) is 29.4 Å². The number of guanidine groups is 1. The number of carbonyl (C=O) groups excluding carboxylic acids is 1. The molecule has 6 nitrogen and oxygen atoms in total. The van der Waals surface area contributed by atoms with Crippen LogP contribution in [0.2, 0.25) is 0 Å². The second kappa shape index (κ2) is 12.9. The van der Waals surface area contributed by atoms with Crippen LogP contribution in [0.25, 0.3) is 0 Å². The van der Waals surface area contributed by atoms with Gasteiger partial charge in [-0.15, -0.1) is 24.0 Å². The molecule has 28 heavy (non-hydrogen) atoms. The number of nitrogens with one attached hydrogen (secondary N) is 3. The molecule has 0 unspecified atom stereocenters. The molecule has 160 valence electrons. The summed E-state index contributed by atoms with van der Waals surface area (Å²) in [6, 6.07) is 6.19. The summed E-state index contributed by atoms with van der Waals surface area (Å²) in [5.74, 6) is 1.64. The summed E-state index contributed by atoms with van der Waals surface area (Å²) < 4.78 is 6.10. The fourth-order valence-corrected chi connectivity index (χ4v) is 2.29. The van der Waals surface area contributed by atoms with Crippen LogP contribution in [-0.4, -0.2) is 37.1 Å². The molecule has 0 atom stereocenters. The third-order valence-electron chi connectivity index (χ3n) is 3.63. The monoisotopic (exact) mass is 504 g/mol. The fourth-order valence-electron chi connectivity index (χ4n) is 2.29. The smallest absolute Gasteiger partial charge is 0.222 e. The minimum atomic E-state index is -0.260. The third-order valence-corrected chi connectivity index (χ3v) is 3.63. The highest BCUT2D eigenvalue weighted by molar-refractivity contribution is 14.0. The summed E-state index contributed by atoms with van der Waals surface area (Å²) in [5.41, 5.74) is 1.94. The van der Waals surface area contributed by atoms with E-state index in [2.05, 4.69) is 46.1 Å².